The van der Waals surface area contributed by atoms with Crippen LogP contribution in [0.2, 0.25) is 0 Å². The standard InChI is InChI=1S/C18H11F2N5O/c19-14-7-6-11(8-15(14)20)10-22-25-18-23-16(12-4-2-1-3-5-12)13(9-21)17(26)24-18/h1-8,10H,(H2,23,24,25,26). The highest BCUT2D eigenvalue weighted by Gasteiger charge is 2.12. The summed E-state index contributed by atoms with van der Waals surface area (Å²) in [5.41, 5.74) is 2.89. The molecule has 2 aromatic carbocycles. The molecule has 0 saturated carbocycles. The predicted octanol–water partition coefficient (Wildman–Crippen LogP) is 3.03. The molecular formula is C18H11F2N5O. The number of nitrogens with one attached hydrogen (secondary N) is 2. The van der Waals surface area contributed by atoms with Crippen LogP contribution >= 0.6 is 0 Å². The molecule has 0 radical (unpaired) electrons. The lowest BCUT2D eigenvalue weighted by atomic mass is 10.1. The van der Waals surface area contributed by atoms with Crippen LogP contribution in [0, 0.1) is 23.0 Å². The number of hydrogen-bond donors (Lipinski definition) is 2. The van der Waals surface area contributed by atoms with Gasteiger partial charge in [0.1, 0.15) is 11.6 Å². The molecule has 2 N–H and O–H groups in total. The summed E-state index contributed by atoms with van der Waals surface area (Å²) in [4.78, 5) is 18.7. The Balaban J connectivity index is 1.90. The summed E-state index contributed by atoms with van der Waals surface area (Å²) in [5, 5.41) is 13.0. The summed E-state index contributed by atoms with van der Waals surface area (Å²) in [6.45, 7) is 0. The monoisotopic (exact) mass is 351 g/mol. The van der Waals surface area contributed by atoms with E-state index in [1.54, 1.807) is 30.3 Å². The Kier molecular flexibility index (Phi) is 4.80. The van der Waals surface area contributed by atoms with E-state index in [1.165, 1.54) is 12.3 Å². The predicted molar refractivity (Wildman–Crippen MR) is 92.6 cm³/mol. The van der Waals surface area contributed by atoms with E-state index in [0.717, 1.165) is 12.1 Å². The van der Waals surface area contributed by atoms with Gasteiger partial charge < -0.3 is 0 Å². The Hall–Kier alpha value is -3.86. The van der Waals surface area contributed by atoms with Crippen molar-refractivity contribution in [2.45, 2.75) is 0 Å². The van der Waals surface area contributed by atoms with Crippen molar-refractivity contribution in [2.24, 2.45) is 5.10 Å². The second-order valence-electron chi connectivity index (χ2n) is 5.16. The van der Waals surface area contributed by atoms with Crippen molar-refractivity contribution in [2.75, 3.05) is 5.43 Å². The minimum Gasteiger partial charge on any atom is -0.290 e. The maximum Gasteiger partial charge on any atom is 0.270 e. The molecule has 0 bridgehead atoms. The van der Waals surface area contributed by atoms with E-state index < -0.39 is 17.2 Å². The van der Waals surface area contributed by atoms with Crippen LogP contribution in [-0.4, -0.2) is 16.2 Å². The van der Waals surface area contributed by atoms with Gasteiger partial charge >= 0.3 is 0 Å². The average molecular weight is 351 g/mol. The number of H-pyrrole nitrogens is 1. The second kappa shape index (κ2) is 7.36. The molecule has 0 amide bonds. The Labute approximate surface area is 146 Å². The summed E-state index contributed by atoms with van der Waals surface area (Å²) in [6.07, 6.45) is 1.24. The maximum atomic E-state index is 13.2. The van der Waals surface area contributed by atoms with E-state index in [0.29, 0.717) is 11.1 Å². The molecule has 1 aromatic heterocycles. The summed E-state index contributed by atoms with van der Waals surface area (Å²) >= 11 is 0. The number of anilines is 1. The van der Waals surface area contributed by atoms with Crippen LogP contribution in [-0.2, 0) is 0 Å². The largest absolute Gasteiger partial charge is 0.290 e. The van der Waals surface area contributed by atoms with Crippen molar-refractivity contribution in [1.82, 2.24) is 9.97 Å². The number of aromatic nitrogens is 2. The highest BCUT2D eigenvalue weighted by molar-refractivity contribution is 5.80. The van der Waals surface area contributed by atoms with E-state index in [1.807, 2.05) is 6.07 Å². The number of rotatable bonds is 4. The third-order valence-corrected chi connectivity index (χ3v) is 3.41. The smallest absolute Gasteiger partial charge is 0.270 e. The van der Waals surface area contributed by atoms with Gasteiger partial charge in [-0.1, -0.05) is 36.4 Å². The molecule has 0 fully saturated rings. The van der Waals surface area contributed by atoms with Crippen LogP contribution in [0.1, 0.15) is 11.1 Å². The van der Waals surface area contributed by atoms with Crippen molar-refractivity contribution in [1.29, 1.82) is 5.26 Å². The Morgan fingerprint density at radius 2 is 1.92 bits per heavy atom. The number of benzene rings is 2. The fraction of sp³-hybridized carbons (Fsp3) is 0. The van der Waals surface area contributed by atoms with Gasteiger partial charge in [-0.3, -0.25) is 9.78 Å². The van der Waals surface area contributed by atoms with Crippen LogP contribution in [0.3, 0.4) is 0 Å². The molecular weight excluding hydrogens is 340 g/mol. The van der Waals surface area contributed by atoms with Crippen molar-refractivity contribution in [3.63, 3.8) is 0 Å². The van der Waals surface area contributed by atoms with Gasteiger partial charge in [-0.15, -0.1) is 0 Å². The Morgan fingerprint density at radius 3 is 2.62 bits per heavy atom. The average Bonchev–Trinajstić information content (AvgIpc) is 2.65. The quantitative estimate of drug-likeness (QED) is 0.558. The lowest BCUT2D eigenvalue weighted by Crippen LogP contribution is -2.16. The molecule has 0 atom stereocenters. The van der Waals surface area contributed by atoms with Gasteiger partial charge in [0.15, 0.2) is 11.6 Å². The number of halogens is 2. The molecule has 0 spiro atoms. The molecule has 0 saturated heterocycles. The van der Waals surface area contributed by atoms with Crippen LogP contribution in [0.4, 0.5) is 14.7 Å². The zero-order valence-corrected chi connectivity index (χ0v) is 13.2. The van der Waals surface area contributed by atoms with Crippen LogP contribution in [0.15, 0.2) is 58.4 Å². The van der Waals surface area contributed by atoms with E-state index in [9.17, 15) is 18.8 Å². The first-order valence-corrected chi connectivity index (χ1v) is 7.42. The number of aromatic amines is 1. The van der Waals surface area contributed by atoms with E-state index >= 15 is 0 Å². The summed E-state index contributed by atoms with van der Waals surface area (Å²) in [7, 11) is 0. The van der Waals surface area contributed by atoms with Gasteiger partial charge in [-0.05, 0) is 17.7 Å². The van der Waals surface area contributed by atoms with Crippen LogP contribution < -0.4 is 11.0 Å². The first-order valence-electron chi connectivity index (χ1n) is 7.42. The fourth-order valence-electron chi connectivity index (χ4n) is 2.20. The second-order valence-corrected chi connectivity index (χ2v) is 5.16. The van der Waals surface area contributed by atoms with Crippen molar-refractivity contribution in [3.8, 4) is 17.3 Å². The van der Waals surface area contributed by atoms with Gasteiger partial charge in [0.2, 0.25) is 5.95 Å². The van der Waals surface area contributed by atoms with E-state index in [4.69, 9.17) is 0 Å². The highest BCUT2D eigenvalue weighted by atomic mass is 19.2. The third-order valence-electron chi connectivity index (χ3n) is 3.41. The summed E-state index contributed by atoms with van der Waals surface area (Å²) in [6, 6.07) is 13.9. The Bertz CT molecular complexity index is 1070. The highest BCUT2D eigenvalue weighted by Crippen LogP contribution is 2.19. The molecule has 128 valence electrons. The zero-order valence-electron chi connectivity index (χ0n) is 13.2. The van der Waals surface area contributed by atoms with Gasteiger partial charge in [0.25, 0.3) is 5.56 Å². The number of nitriles is 1. The molecule has 3 aromatic rings. The normalized spacial score (nSPS) is 10.7. The Morgan fingerprint density at radius 1 is 1.15 bits per heavy atom. The minimum atomic E-state index is -0.995. The molecule has 0 unspecified atom stereocenters. The molecule has 1 heterocycles. The van der Waals surface area contributed by atoms with E-state index in [-0.39, 0.29) is 17.2 Å². The van der Waals surface area contributed by atoms with Crippen LogP contribution in [0.25, 0.3) is 11.3 Å². The topological polar surface area (TPSA) is 93.9 Å². The third kappa shape index (κ3) is 3.62. The lowest BCUT2D eigenvalue weighted by molar-refractivity contribution is 0.508. The van der Waals surface area contributed by atoms with Gasteiger partial charge in [0.05, 0.1) is 11.9 Å². The molecule has 8 heteroatoms. The van der Waals surface area contributed by atoms with Crippen LogP contribution in [0.5, 0.6) is 0 Å². The van der Waals surface area contributed by atoms with Gasteiger partial charge in [0, 0.05) is 5.56 Å². The van der Waals surface area contributed by atoms with Crippen molar-refractivity contribution >= 4 is 12.2 Å². The van der Waals surface area contributed by atoms with Crippen molar-refractivity contribution in [3.05, 3.63) is 81.6 Å². The van der Waals surface area contributed by atoms with Crippen molar-refractivity contribution < 1.29 is 8.78 Å². The number of nitrogens with zero attached hydrogens (tertiary/aromatic N) is 3. The first kappa shape index (κ1) is 17.0. The summed E-state index contributed by atoms with van der Waals surface area (Å²) < 4.78 is 26.1. The molecule has 0 aliphatic heterocycles. The SMILES string of the molecule is N#Cc1c(-c2ccccc2)nc(NN=Cc2ccc(F)c(F)c2)[nH]c1=O. The summed E-state index contributed by atoms with van der Waals surface area (Å²) in [5.74, 6) is -1.95. The zero-order chi connectivity index (χ0) is 18.5. The molecule has 3 rings (SSSR count). The van der Waals surface area contributed by atoms with Gasteiger partial charge in [-0.25, -0.2) is 19.2 Å². The van der Waals surface area contributed by atoms with E-state index in [2.05, 4.69) is 20.5 Å². The number of hydrazone groups is 1. The van der Waals surface area contributed by atoms with Gasteiger partial charge in [-0.2, -0.15) is 10.4 Å². The lowest BCUT2D eigenvalue weighted by Gasteiger charge is -2.05. The molecule has 6 nitrogen and oxygen atoms in total. The molecule has 0 aliphatic rings. The molecule has 0 aliphatic carbocycles. The fourth-order valence-corrected chi connectivity index (χ4v) is 2.20. The first-order chi connectivity index (χ1) is 12.6. The minimum absolute atomic E-state index is 0.00619. The number of hydrogen-bond acceptors (Lipinski definition) is 5. The maximum absolute atomic E-state index is 13.2. The molecule has 26 heavy (non-hydrogen) atoms.